The predicted octanol–water partition coefficient (Wildman–Crippen LogP) is 18.5. The molecule has 0 spiro atoms. The molecule has 0 aliphatic heterocycles. The number of benzene rings is 6. The van der Waals surface area contributed by atoms with Crippen molar-refractivity contribution in [1.82, 2.24) is 0 Å². The van der Waals surface area contributed by atoms with Crippen LogP contribution in [0.25, 0.3) is 39.0 Å². The first-order valence-electron chi connectivity index (χ1n) is 24.0. The Morgan fingerprint density at radius 3 is 1.80 bits per heavy atom. The molecule has 0 aromatic heterocycles. The van der Waals surface area contributed by atoms with Gasteiger partial charge in [0.1, 0.15) is 0 Å². The highest BCUT2D eigenvalue weighted by Gasteiger charge is 2.36. The molecule has 65 heavy (non-hydrogen) atoms. The van der Waals surface area contributed by atoms with E-state index in [0.29, 0.717) is 0 Å². The van der Waals surface area contributed by atoms with Crippen molar-refractivity contribution >= 4 is 28.1 Å². The van der Waals surface area contributed by atoms with E-state index in [1.54, 1.807) is 5.57 Å². The van der Waals surface area contributed by atoms with E-state index in [4.69, 9.17) is 0 Å². The quantitative estimate of drug-likeness (QED) is 0.169. The monoisotopic (exact) mass is 850 g/mol. The van der Waals surface area contributed by atoms with Gasteiger partial charge in [-0.3, -0.25) is 0 Å². The van der Waals surface area contributed by atoms with E-state index in [2.05, 4.69) is 243 Å². The summed E-state index contributed by atoms with van der Waals surface area (Å²) >= 11 is 0. The maximum absolute atomic E-state index is 3.67. The van der Waals surface area contributed by atoms with Gasteiger partial charge in [-0.25, -0.2) is 0 Å². The SMILES string of the molecule is CC1=C(c2ccccc2C)CCC=C1c1ccccc1.CC1=CC=C(C2(C)C=CC(c3ccc(Nc4ccc5c(c4)C(C)(C)c4cc(-c6ccccc6)ccc4-5)cc3)=CC2)CC1.CCC. The number of hydrogen-bond acceptors (Lipinski definition) is 1. The Kier molecular flexibility index (Phi) is 13.7. The van der Waals surface area contributed by atoms with Crippen LogP contribution in [-0.4, -0.2) is 0 Å². The Hall–Kier alpha value is -6.44. The summed E-state index contributed by atoms with van der Waals surface area (Å²) < 4.78 is 0. The number of allylic oxidation sites excluding steroid dienone is 12. The molecule has 0 radical (unpaired) electrons. The number of rotatable bonds is 7. The van der Waals surface area contributed by atoms with E-state index in [1.807, 2.05) is 0 Å². The van der Waals surface area contributed by atoms with Crippen LogP contribution < -0.4 is 5.32 Å². The second kappa shape index (κ2) is 19.7. The first-order valence-corrected chi connectivity index (χ1v) is 24.0. The van der Waals surface area contributed by atoms with Crippen LogP contribution in [0.1, 0.15) is 120 Å². The fraction of sp³-hybridized carbons (Fsp3) is 0.250. The molecule has 1 N–H and O–H groups in total. The van der Waals surface area contributed by atoms with Crippen molar-refractivity contribution in [3.05, 3.63) is 232 Å². The smallest absolute Gasteiger partial charge is 0.0387 e. The van der Waals surface area contributed by atoms with E-state index in [9.17, 15) is 0 Å². The highest BCUT2D eigenvalue weighted by Crippen LogP contribution is 2.51. The molecule has 6 aromatic carbocycles. The minimum absolute atomic E-state index is 0.0614. The number of nitrogens with one attached hydrogen (secondary N) is 1. The summed E-state index contributed by atoms with van der Waals surface area (Å²) in [6.45, 7) is 18.0. The molecule has 0 saturated heterocycles. The third-order valence-corrected chi connectivity index (χ3v) is 13.9. The fourth-order valence-electron chi connectivity index (χ4n) is 10.0. The van der Waals surface area contributed by atoms with E-state index in [0.717, 1.165) is 30.6 Å². The lowest BCUT2D eigenvalue weighted by Crippen LogP contribution is -2.19. The summed E-state index contributed by atoms with van der Waals surface area (Å²) in [6, 6.07) is 52.8. The summed E-state index contributed by atoms with van der Waals surface area (Å²) in [5, 5.41) is 3.67. The van der Waals surface area contributed by atoms with Crippen molar-refractivity contribution in [2.24, 2.45) is 5.41 Å². The minimum atomic E-state index is -0.0614. The summed E-state index contributed by atoms with van der Waals surface area (Å²) in [7, 11) is 0. The summed E-state index contributed by atoms with van der Waals surface area (Å²) in [5.74, 6) is 0. The lowest BCUT2D eigenvalue weighted by molar-refractivity contribution is 0.494. The highest BCUT2D eigenvalue weighted by molar-refractivity contribution is 5.91. The molecular formula is C64H67N. The number of fused-ring (bicyclic) bond motifs is 3. The third kappa shape index (κ3) is 9.81. The minimum Gasteiger partial charge on any atom is -0.356 e. The van der Waals surface area contributed by atoms with E-state index < -0.39 is 0 Å². The largest absolute Gasteiger partial charge is 0.356 e. The molecule has 1 atom stereocenters. The van der Waals surface area contributed by atoms with Crippen molar-refractivity contribution in [2.45, 2.75) is 99.3 Å². The Labute approximate surface area is 390 Å². The van der Waals surface area contributed by atoms with Crippen LogP contribution >= 0.6 is 0 Å². The fourth-order valence-corrected chi connectivity index (χ4v) is 10.0. The standard InChI is InChI=1S/C41H39N.C20H20.C3H8/c1-28-10-15-33(16-11-28)41(4)24-22-31(23-25-41)30-12-17-34(18-13-30)42-35-19-21-37-36-20-14-32(29-8-6-5-7-9-29)26-38(36)40(2,3)39(37)27-35;1-15-9-6-7-12-18(15)20-14-8-13-19(16(20)2)17-10-4-3-5-11-17;1-3-2/h5-10,12-15,17-24,26-27,42H,11,16,25H2,1-4H3;3-7,9-13H,8,14H2,1-2H3;3H2,1-2H3. The Balaban J connectivity index is 0.000000209. The van der Waals surface area contributed by atoms with Gasteiger partial charge in [0.25, 0.3) is 0 Å². The first kappa shape index (κ1) is 45.1. The Morgan fingerprint density at radius 1 is 0.538 bits per heavy atom. The van der Waals surface area contributed by atoms with Gasteiger partial charge < -0.3 is 5.32 Å². The van der Waals surface area contributed by atoms with Crippen LogP contribution in [0.2, 0.25) is 0 Å². The van der Waals surface area contributed by atoms with Crippen LogP contribution in [-0.2, 0) is 5.41 Å². The molecule has 0 amide bonds. The summed E-state index contributed by atoms with van der Waals surface area (Å²) in [5.41, 5.74) is 24.4. The van der Waals surface area contributed by atoms with Gasteiger partial charge in [0, 0.05) is 22.2 Å². The summed E-state index contributed by atoms with van der Waals surface area (Å²) in [4.78, 5) is 0. The molecule has 0 bridgehead atoms. The highest BCUT2D eigenvalue weighted by atomic mass is 14.9. The third-order valence-electron chi connectivity index (χ3n) is 13.9. The van der Waals surface area contributed by atoms with Crippen LogP contribution in [0.3, 0.4) is 0 Å². The second-order valence-electron chi connectivity index (χ2n) is 19.2. The average Bonchev–Trinajstić information content (AvgIpc) is 3.55. The molecule has 4 aliphatic rings. The lowest BCUT2D eigenvalue weighted by Gasteiger charge is -2.32. The molecular weight excluding hydrogens is 783 g/mol. The molecule has 1 unspecified atom stereocenters. The zero-order valence-corrected chi connectivity index (χ0v) is 40.1. The van der Waals surface area contributed by atoms with E-state index in [1.165, 1.54) is 103 Å². The van der Waals surface area contributed by atoms with Gasteiger partial charge in [-0.2, -0.15) is 0 Å². The van der Waals surface area contributed by atoms with Crippen molar-refractivity contribution in [3.63, 3.8) is 0 Å². The Bertz CT molecular complexity index is 2840. The number of aryl methyl sites for hydroxylation is 1. The van der Waals surface area contributed by atoms with Crippen LogP contribution in [0.4, 0.5) is 11.4 Å². The summed E-state index contributed by atoms with van der Waals surface area (Å²) in [6.07, 6.45) is 21.1. The van der Waals surface area contributed by atoms with E-state index in [-0.39, 0.29) is 10.8 Å². The molecule has 328 valence electrons. The molecule has 1 heteroatoms. The van der Waals surface area contributed by atoms with Gasteiger partial charge in [-0.1, -0.05) is 204 Å². The van der Waals surface area contributed by atoms with Gasteiger partial charge in [-0.05, 0) is 161 Å². The van der Waals surface area contributed by atoms with Crippen LogP contribution in [0.15, 0.2) is 199 Å². The molecule has 6 aromatic rings. The van der Waals surface area contributed by atoms with Gasteiger partial charge >= 0.3 is 0 Å². The maximum Gasteiger partial charge on any atom is 0.0387 e. The molecule has 4 aliphatic carbocycles. The number of hydrogen-bond donors (Lipinski definition) is 1. The van der Waals surface area contributed by atoms with Crippen molar-refractivity contribution in [1.29, 1.82) is 0 Å². The van der Waals surface area contributed by atoms with Crippen LogP contribution in [0.5, 0.6) is 0 Å². The van der Waals surface area contributed by atoms with Crippen molar-refractivity contribution < 1.29 is 0 Å². The number of anilines is 2. The Morgan fingerprint density at radius 2 is 1.15 bits per heavy atom. The van der Waals surface area contributed by atoms with Gasteiger partial charge in [0.2, 0.25) is 0 Å². The lowest BCUT2D eigenvalue weighted by atomic mass is 9.72. The van der Waals surface area contributed by atoms with Gasteiger partial charge in [0.05, 0.1) is 0 Å². The van der Waals surface area contributed by atoms with Gasteiger partial charge in [-0.15, -0.1) is 0 Å². The predicted molar refractivity (Wildman–Crippen MR) is 283 cm³/mol. The molecule has 1 nitrogen and oxygen atoms in total. The van der Waals surface area contributed by atoms with Crippen molar-refractivity contribution in [3.8, 4) is 22.3 Å². The van der Waals surface area contributed by atoms with Crippen molar-refractivity contribution in [2.75, 3.05) is 5.32 Å². The van der Waals surface area contributed by atoms with Gasteiger partial charge in [0.15, 0.2) is 0 Å². The normalized spacial score (nSPS) is 18.0. The molecule has 0 heterocycles. The van der Waals surface area contributed by atoms with Crippen LogP contribution in [0, 0.1) is 12.3 Å². The maximum atomic E-state index is 3.67. The first-order chi connectivity index (χ1) is 31.5. The van der Waals surface area contributed by atoms with E-state index >= 15 is 0 Å². The second-order valence-corrected chi connectivity index (χ2v) is 19.2. The molecule has 0 fully saturated rings. The molecule has 0 saturated carbocycles. The molecule has 10 rings (SSSR count). The zero-order valence-electron chi connectivity index (χ0n) is 40.1. The average molecular weight is 850 g/mol. The zero-order chi connectivity index (χ0) is 45.6. The topological polar surface area (TPSA) is 12.0 Å².